The van der Waals surface area contributed by atoms with Crippen molar-refractivity contribution in [2.24, 2.45) is 11.8 Å². The summed E-state index contributed by atoms with van der Waals surface area (Å²) in [6.07, 6.45) is 5.04. The van der Waals surface area contributed by atoms with Crippen molar-refractivity contribution in [1.29, 1.82) is 0 Å². The highest BCUT2D eigenvalue weighted by molar-refractivity contribution is 5.85. The molecule has 3 rings (SSSR count). The predicted octanol–water partition coefficient (Wildman–Crippen LogP) is 4.22. The summed E-state index contributed by atoms with van der Waals surface area (Å²) >= 11 is 0. The molecule has 1 aliphatic rings. The number of amides is 1. The Morgan fingerprint density at radius 3 is 2.62 bits per heavy atom. The lowest BCUT2D eigenvalue weighted by Gasteiger charge is -2.26. The lowest BCUT2D eigenvalue weighted by Crippen LogP contribution is -2.39. The molecule has 1 aromatic heterocycles. The number of carbonyl (C=O) groups is 2. The van der Waals surface area contributed by atoms with Crippen LogP contribution in [0, 0.1) is 18.8 Å². The highest BCUT2D eigenvalue weighted by Crippen LogP contribution is 2.30. The van der Waals surface area contributed by atoms with Crippen LogP contribution in [0.4, 0.5) is 0 Å². The number of hydrogen-bond donors (Lipinski definition) is 2. The van der Waals surface area contributed by atoms with Gasteiger partial charge in [0.25, 0.3) is 5.91 Å². The molecule has 0 aliphatic heterocycles. The van der Waals surface area contributed by atoms with Crippen LogP contribution in [-0.4, -0.2) is 29.6 Å². The summed E-state index contributed by atoms with van der Waals surface area (Å²) in [5.41, 5.74) is 1.79. The van der Waals surface area contributed by atoms with Crippen molar-refractivity contribution in [3.05, 3.63) is 39.7 Å². The zero-order valence-electron chi connectivity index (χ0n) is 19.1. The van der Waals surface area contributed by atoms with E-state index in [1.165, 1.54) is 0 Å². The highest BCUT2D eigenvalue weighted by atomic mass is 16.5. The van der Waals surface area contributed by atoms with Crippen molar-refractivity contribution in [2.45, 2.75) is 71.8 Å². The van der Waals surface area contributed by atoms with E-state index in [1.54, 1.807) is 13.0 Å². The van der Waals surface area contributed by atoms with Crippen LogP contribution in [0.25, 0.3) is 11.0 Å². The summed E-state index contributed by atoms with van der Waals surface area (Å²) < 4.78 is 11.4. The summed E-state index contributed by atoms with van der Waals surface area (Å²) in [5.74, 6) is -0.405. The third-order valence-corrected chi connectivity index (χ3v) is 6.43. The van der Waals surface area contributed by atoms with E-state index >= 15 is 0 Å². The van der Waals surface area contributed by atoms with Crippen LogP contribution in [0.15, 0.2) is 27.4 Å². The van der Waals surface area contributed by atoms with Crippen LogP contribution in [0.2, 0.25) is 0 Å². The second kappa shape index (κ2) is 10.7. The molecule has 0 bridgehead atoms. The third-order valence-electron chi connectivity index (χ3n) is 6.43. The van der Waals surface area contributed by atoms with E-state index < -0.39 is 12.1 Å². The SMILES string of the molecule is CCCCc1cc(=O)oc2c(C)c(O[C@@H](C)C(=O)NCC3CCC(C(=O)O)CC3)ccc12. The highest BCUT2D eigenvalue weighted by Gasteiger charge is 2.26. The van der Waals surface area contributed by atoms with Crippen molar-refractivity contribution < 1.29 is 23.8 Å². The molecule has 1 aliphatic carbocycles. The molecular weight excluding hydrogens is 410 g/mol. The molecule has 32 heavy (non-hydrogen) atoms. The van der Waals surface area contributed by atoms with E-state index in [4.69, 9.17) is 14.3 Å². The Morgan fingerprint density at radius 1 is 1.25 bits per heavy atom. The Bertz CT molecular complexity index is 1020. The van der Waals surface area contributed by atoms with E-state index in [1.807, 2.05) is 19.1 Å². The van der Waals surface area contributed by atoms with Gasteiger partial charge in [-0.25, -0.2) is 4.79 Å². The molecule has 1 aromatic carbocycles. The van der Waals surface area contributed by atoms with Crippen molar-refractivity contribution in [2.75, 3.05) is 6.54 Å². The monoisotopic (exact) mass is 443 g/mol. The summed E-state index contributed by atoms with van der Waals surface area (Å²) in [6, 6.07) is 5.26. The first-order valence-corrected chi connectivity index (χ1v) is 11.5. The minimum atomic E-state index is -0.728. The lowest BCUT2D eigenvalue weighted by molar-refractivity contribution is -0.143. The van der Waals surface area contributed by atoms with Crippen molar-refractivity contribution >= 4 is 22.8 Å². The maximum absolute atomic E-state index is 12.6. The zero-order valence-corrected chi connectivity index (χ0v) is 19.1. The van der Waals surface area contributed by atoms with Crippen LogP contribution >= 0.6 is 0 Å². The Balaban J connectivity index is 1.63. The molecule has 1 atom stereocenters. The van der Waals surface area contributed by atoms with E-state index in [0.29, 0.717) is 42.2 Å². The molecular formula is C25H33NO6. The number of rotatable bonds is 9. The number of carboxylic acid groups (broad SMARTS) is 1. The number of fused-ring (bicyclic) bond motifs is 1. The van der Waals surface area contributed by atoms with Gasteiger partial charge < -0.3 is 19.6 Å². The number of benzene rings is 1. The summed E-state index contributed by atoms with van der Waals surface area (Å²) in [5, 5.41) is 12.9. The standard InChI is InChI=1S/C25H33NO6/c1-4-5-6-19-13-22(27)32-23-15(2)21(12-11-20(19)23)31-16(3)24(28)26-14-17-7-9-18(10-8-17)25(29)30/h11-13,16-18H,4-10,14H2,1-3H3,(H,26,28)(H,29,30)/t16-,17?,18?/m0/s1. The topological polar surface area (TPSA) is 106 Å². The maximum atomic E-state index is 12.6. The van der Waals surface area contributed by atoms with Gasteiger partial charge in [-0.15, -0.1) is 0 Å². The first kappa shape index (κ1) is 23.8. The molecule has 7 nitrogen and oxygen atoms in total. The molecule has 2 aromatic rings. The van der Waals surface area contributed by atoms with Gasteiger partial charge in [0.15, 0.2) is 6.10 Å². The molecule has 174 valence electrons. The Hall–Kier alpha value is -2.83. The first-order valence-electron chi connectivity index (χ1n) is 11.5. The molecule has 1 saturated carbocycles. The summed E-state index contributed by atoms with van der Waals surface area (Å²) in [4.78, 5) is 35.7. The maximum Gasteiger partial charge on any atom is 0.336 e. The Labute approximate surface area is 188 Å². The number of ether oxygens (including phenoxy) is 1. The number of carbonyl (C=O) groups excluding carboxylic acids is 1. The van der Waals surface area contributed by atoms with Crippen LogP contribution < -0.4 is 15.7 Å². The second-order valence-corrected chi connectivity index (χ2v) is 8.82. The summed E-state index contributed by atoms with van der Waals surface area (Å²) in [6.45, 7) is 6.15. The van der Waals surface area contributed by atoms with Gasteiger partial charge in [0.05, 0.1) is 5.92 Å². The Kier molecular flexibility index (Phi) is 7.94. The van der Waals surface area contributed by atoms with E-state index in [9.17, 15) is 14.4 Å². The average Bonchev–Trinajstić information content (AvgIpc) is 2.78. The second-order valence-electron chi connectivity index (χ2n) is 8.82. The molecule has 0 radical (unpaired) electrons. The largest absolute Gasteiger partial charge is 0.481 e. The fraction of sp³-hybridized carbons (Fsp3) is 0.560. The molecule has 0 unspecified atom stereocenters. The first-order chi connectivity index (χ1) is 15.3. The average molecular weight is 444 g/mol. The van der Waals surface area contributed by atoms with E-state index in [-0.39, 0.29) is 17.5 Å². The van der Waals surface area contributed by atoms with Gasteiger partial charge in [0.2, 0.25) is 0 Å². The van der Waals surface area contributed by atoms with Gasteiger partial charge in [0.1, 0.15) is 11.3 Å². The van der Waals surface area contributed by atoms with Crippen molar-refractivity contribution in [3.8, 4) is 5.75 Å². The van der Waals surface area contributed by atoms with Gasteiger partial charge in [-0.05, 0) is 76.0 Å². The van der Waals surface area contributed by atoms with E-state index in [2.05, 4.69) is 12.2 Å². The lowest BCUT2D eigenvalue weighted by atomic mass is 9.82. The van der Waals surface area contributed by atoms with Gasteiger partial charge in [0, 0.05) is 23.6 Å². The number of aliphatic carboxylic acids is 1. The van der Waals surface area contributed by atoms with Crippen molar-refractivity contribution in [3.63, 3.8) is 0 Å². The van der Waals surface area contributed by atoms with Crippen LogP contribution in [0.3, 0.4) is 0 Å². The zero-order chi connectivity index (χ0) is 23.3. The fourth-order valence-electron chi connectivity index (χ4n) is 4.36. The van der Waals surface area contributed by atoms with Crippen LogP contribution in [-0.2, 0) is 16.0 Å². The molecule has 0 spiro atoms. The van der Waals surface area contributed by atoms with Crippen LogP contribution in [0.5, 0.6) is 5.75 Å². The predicted molar refractivity (Wildman–Crippen MR) is 122 cm³/mol. The third kappa shape index (κ3) is 5.69. The minimum absolute atomic E-state index is 0.219. The smallest absolute Gasteiger partial charge is 0.336 e. The van der Waals surface area contributed by atoms with Gasteiger partial charge in [-0.2, -0.15) is 0 Å². The quantitative estimate of drug-likeness (QED) is 0.562. The molecule has 0 saturated heterocycles. The van der Waals surface area contributed by atoms with Crippen molar-refractivity contribution in [1.82, 2.24) is 5.32 Å². The fourth-order valence-corrected chi connectivity index (χ4v) is 4.36. The number of carboxylic acids is 1. The van der Waals surface area contributed by atoms with Gasteiger partial charge in [-0.1, -0.05) is 13.3 Å². The number of unbranched alkanes of at least 4 members (excludes halogenated alkanes) is 1. The Morgan fingerprint density at radius 2 is 1.97 bits per heavy atom. The molecule has 2 N–H and O–H groups in total. The summed E-state index contributed by atoms with van der Waals surface area (Å²) in [7, 11) is 0. The molecule has 1 heterocycles. The molecule has 7 heteroatoms. The normalized spacial score (nSPS) is 19.5. The molecule has 1 fully saturated rings. The van der Waals surface area contributed by atoms with E-state index in [0.717, 1.165) is 43.1 Å². The number of nitrogens with one attached hydrogen (secondary N) is 1. The minimum Gasteiger partial charge on any atom is -0.481 e. The number of aryl methyl sites for hydroxylation is 2. The molecule has 1 amide bonds. The van der Waals surface area contributed by atoms with Gasteiger partial charge >= 0.3 is 11.6 Å². The number of hydrogen-bond acceptors (Lipinski definition) is 5. The van der Waals surface area contributed by atoms with Gasteiger partial charge in [-0.3, -0.25) is 9.59 Å². The van der Waals surface area contributed by atoms with Crippen LogP contribution in [0.1, 0.15) is 63.5 Å².